The Morgan fingerprint density at radius 3 is 2.54 bits per heavy atom. The van der Waals surface area contributed by atoms with Gasteiger partial charge in [-0.1, -0.05) is 42.5 Å². The minimum absolute atomic E-state index is 0.0737. The maximum atomic E-state index is 11.8. The number of nitrogens with one attached hydrogen (secondary N) is 1. The summed E-state index contributed by atoms with van der Waals surface area (Å²) in [7, 11) is 0. The molecule has 0 unspecified atom stereocenters. The molecule has 0 heterocycles. The highest BCUT2D eigenvalue weighted by Gasteiger charge is 2.07. The number of carbonyl (C=O) groups excluding carboxylic acids is 1. The van der Waals surface area contributed by atoms with E-state index in [4.69, 9.17) is 27.9 Å². The van der Waals surface area contributed by atoms with Crippen LogP contribution in [-0.4, -0.2) is 18.2 Å². The van der Waals surface area contributed by atoms with Crippen molar-refractivity contribution in [3.05, 3.63) is 28.2 Å². The second-order valence-electron chi connectivity index (χ2n) is 6.01. The molecule has 1 aliphatic rings. The molecule has 4 nitrogen and oxygen atoms in total. The smallest absolute Gasteiger partial charge is 0.240 e. The number of benzene rings is 1. The number of carbonyl (C=O) groups is 1. The summed E-state index contributed by atoms with van der Waals surface area (Å²) in [6, 6.07) is 5.09. The molecule has 1 aromatic rings. The van der Waals surface area contributed by atoms with Gasteiger partial charge >= 0.3 is 0 Å². The summed E-state index contributed by atoms with van der Waals surface area (Å²) in [5.41, 5.74) is 3.79. The molecule has 0 radical (unpaired) electrons. The molecule has 1 amide bonds. The first-order chi connectivity index (χ1) is 11.6. The lowest BCUT2D eigenvalue weighted by molar-refractivity contribution is -0.121. The molecule has 1 aromatic carbocycles. The fourth-order valence-corrected chi connectivity index (χ4v) is 3.09. The molecule has 0 saturated heterocycles. The molecule has 132 valence electrons. The molecule has 6 heteroatoms. The molecule has 2 rings (SSSR count). The average Bonchev–Trinajstić information content (AvgIpc) is 2.52. The van der Waals surface area contributed by atoms with Crippen molar-refractivity contribution in [3.63, 3.8) is 0 Å². The van der Waals surface area contributed by atoms with Crippen LogP contribution in [0, 0.1) is 0 Å². The van der Waals surface area contributed by atoms with Gasteiger partial charge in [-0.15, -0.1) is 0 Å². The summed E-state index contributed by atoms with van der Waals surface area (Å²) in [5, 5.41) is 5.33. The molecule has 24 heavy (non-hydrogen) atoms. The van der Waals surface area contributed by atoms with Crippen molar-refractivity contribution >= 4 is 34.8 Å². The second kappa shape index (κ2) is 10.6. The number of hydrogen-bond donors (Lipinski definition) is 1. The van der Waals surface area contributed by atoms with Gasteiger partial charge in [0, 0.05) is 17.2 Å². The molecule has 1 aliphatic carbocycles. The van der Waals surface area contributed by atoms with Crippen LogP contribution < -0.4 is 10.2 Å². The Morgan fingerprint density at radius 1 is 1.12 bits per heavy atom. The monoisotopic (exact) mass is 370 g/mol. The standard InChI is InChI=1S/C18H24Cl2N2O2/c19-14-10-11-17(16(20)13-14)24-12-6-9-18(23)22-21-15-7-4-2-1-3-5-8-15/h10-11,13H,1-9,12H2,(H,22,23). The van der Waals surface area contributed by atoms with Gasteiger partial charge in [-0.25, -0.2) is 5.43 Å². The van der Waals surface area contributed by atoms with E-state index in [2.05, 4.69) is 10.5 Å². The van der Waals surface area contributed by atoms with Gasteiger partial charge < -0.3 is 4.74 Å². The summed E-state index contributed by atoms with van der Waals surface area (Å²) in [4.78, 5) is 11.8. The maximum absolute atomic E-state index is 11.8. The minimum Gasteiger partial charge on any atom is -0.492 e. The number of hydrogen-bond acceptors (Lipinski definition) is 3. The van der Waals surface area contributed by atoms with Crippen LogP contribution in [0.2, 0.25) is 10.0 Å². The number of ether oxygens (including phenoxy) is 1. The average molecular weight is 371 g/mol. The van der Waals surface area contributed by atoms with Gasteiger partial charge in [0.05, 0.1) is 11.6 Å². The molecule has 0 aliphatic heterocycles. The summed E-state index contributed by atoms with van der Waals surface area (Å²) in [5.74, 6) is 0.506. The van der Waals surface area contributed by atoms with Crippen LogP contribution in [0.4, 0.5) is 0 Å². The van der Waals surface area contributed by atoms with Gasteiger partial charge in [0.15, 0.2) is 0 Å². The van der Waals surface area contributed by atoms with Gasteiger partial charge in [-0.2, -0.15) is 5.10 Å². The maximum Gasteiger partial charge on any atom is 0.240 e. The predicted octanol–water partition coefficient (Wildman–Crippen LogP) is 5.37. The Hall–Kier alpha value is -1.26. The van der Waals surface area contributed by atoms with Crippen molar-refractivity contribution in [2.75, 3.05) is 6.61 Å². The van der Waals surface area contributed by atoms with Gasteiger partial charge in [0.2, 0.25) is 5.91 Å². The molecule has 0 bridgehead atoms. The van der Waals surface area contributed by atoms with Gasteiger partial charge in [0.1, 0.15) is 5.75 Å². The second-order valence-corrected chi connectivity index (χ2v) is 6.85. The summed E-state index contributed by atoms with van der Waals surface area (Å²) in [6.45, 7) is 0.422. The number of amides is 1. The third-order valence-corrected chi connectivity index (χ3v) is 4.50. The highest BCUT2D eigenvalue weighted by Crippen LogP contribution is 2.27. The van der Waals surface area contributed by atoms with Crippen LogP contribution >= 0.6 is 23.2 Å². The van der Waals surface area contributed by atoms with E-state index < -0.39 is 0 Å². The van der Waals surface area contributed by atoms with Crippen LogP contribution in [0.5, 0.6) is 5.75 Å². The van der Waals surface area contributed by atoms with Gasteiger partial charge in [-0.3, -0.25) is 4.79 Å². The quantitative estimate of drug-likeness (QED) is 0.540. The molecule has 1 N–H and O–H groups in total. The lowest BCUT2D eigenvalue weighted by atomic mass is 9.99. The van der Waals surface area contributed by atoms with Crippen molar-refractivity contribution in [3.8, 4) is 5.75 Å². The zero-order valence-electron chi connectivity index (χ0n) is 13.8. The molecule has 0 aromatic heterocycles. The highest BCUT2D eigenvalue weighted by molar-refractivity contribution is 6.35. The van der Waals surface area contributed by atoms with E-state index >= 15 is 0 Å². The lowest BCUT2D eigenvalue weighted by Crippen LogP contribution is -2.20. The first-order valence-electron chi connectivity index (χ1n) is 8.57. The third-order valence-electron chi connectivity index (χ3n) is 3.97. The van der Waals surface area contributed by atoms with Crippen LogP contribution in [0.1, 0.15) is 57.8 Å². The minimum atomic E-state index is -0.0737. The molecular formula is C18H24Cl2N2O2. The molecule has 1 fully saturated rings. The Balaban J connectivity index is 1.65. The highest BCUT2D eigenvalue weighted by atomic mass is 35.5. The van der Waals surface area contributed by atoms with E-state index in [1.807, 2.05) is 0 Å². The van der Waals surface area contributed by atoms with E-state index in [-0.39, 0.29) is 5.91 Å². The van der Waals surface area contributed by atoms with Gasteiger partial charge in [0.25, 0.3) is 0 Å². The zero-order chi connectivity index (χ0) is 17.2. The largest absolute Gasteiger partial charge is 0.492 e. The summed E-state index contributed by atoms with van der Waals surface area (Å²) in [6.07, 6.45) is 9.16. The number of nitrogens with zero attached hydrogens (tertiary/aromatic N) is 1. The van der Waals surface area contributed by atoms with Crippen molar-refractivity contribution in [1.82, 2.24) is 5.43 Å². The number of hydrazone groups is 1. The summed E-state index contributed by atoms with van der Waals surface area (Å²) < 4.78 is 5.56. The Labute approximate surface area is 153 Å². The van der Waals surface area contributed by atoms with Gasteiger partial charge in [-0.05, 0) is 50.3 Å². The molecule has 0 spiro atoms. The Bertz CT molecular complexity index is 566. The Morgan fingerprint density at radius 2 is 1.83 bits per heavy atom. The topological polar surface area (TPSA) is 50.7 Å². The molecule has 1 saturated carbocycles. The first kappa shape index (κ1) is 19.1. The summed E-state index contributed by atoms with van der Waals surface area (Å²) >= 11 is 11.9. The number of halogens is 2. The van der Waals surface area contributed by atoms with Crippen LogP contribution in [-0.2, 0) is 4.79 Å². The zero-order valence-corrected chi connectivity index (χ0v) is 15.3. The third kappa shape index (κ3) is 7.10. The Kier molecular flexibility index (Phi) is 8.40. The van der Waals surface area contributed by atoms with Crippen LogP contribution in [0.25, 0.3) is 0 Å². The van der Waals surface area contributed by atoms with E-state index in [0.717, 1.165) is 18.6 Å². The van der Waals surface area contributed by atoms with E-state index in [1.54, 1.807) is 18.2 Å². The van der Waals surface area contributed by atoms with E-state index in [0.29, 0.717) is 35.2 Å². The van der Waals surface area contributed by atoms with Crippen molar-refractivity contribution in [1.29, 1.82) is 0 Å². The SMILES string of the molecule is O=C(CCCOc1ccc(Cl)cc1Cl)NN=C1CCCCCCC1. The van der Waals surface area contributed by atoms with Crippen molar-refractivity contribution in [2.45, 2.75) is 57.8 Å². The lowest BCUT2D eigenvalue weighted by Gasteiger charge is -2.11. The van der Waals surface area contributed by atoms with Crippen LogP contribution in [0.15, 0.2) is 23.3 Å². The van der Waals surface area contributed by atoms with E-state index in [1.165, 1.54) is 32.1 Å². The fraction of sp³-hybridized carbons (Fsp3) is 0.556. The predicted molar refractivity (Wildman–Crippen MR) is 99.1 cm³/mol. The van der Waals surface area contributed by atoms with Crippen LogP contribution in [0.3, 0.4) is 0 Å². The first-order valence-corrected chi connectivity index (χ1v) is 9.33. The molecular weight excluding hydrogens is 347 g/mol. The van der Waals surface area contributed by atoms with Crippen molar-refractivity contribution in [2.24, 2.45) is 5.10 Å². The normalized spacial score (nSPS) is 15.3. The number of rotatable bonds is 6. The fourth-order valence-electron chi connectivity index (χ4n) is 2.63. The molecule has 0 atom stereocenters. The van der Waals surface area contributed by atoms with Crippen molar-refractivity contribution < 1.29 is 9.53 Å². The van der Waals surface area contributed by atoms with E-state index in [9.17, 15) is 4.79 Å².